The molecule has 1 aliphatic heterocycles. The van der Waals surface area contributed by atoms with Gasteiger partial charge in [-0.05, 0) is 20.4 Å². The largest absolute Gasteiger partial charge is 0.356 e. The number of carbonyl (C=O) groups excluding carboxylic acids is 1. The van der Waals surface area contributed by atoms with Crippen LogP contribution in [0.25, 0.3) is 0 Å². The third-order valence-electron chi connectivity index (χ3n) is 2.08. The summed E-state index contributed by atoms with van der Waals surface area (Å²) in [4.78, 5) is 11.1. The van der Waals surface area contributed by atoms with Crippen molar-refractivity contribution in [3.05, 3.63) is 0 Å². The van der Waals surface area contributed by atoms with Crippen molar-refractivity contribution in [2.75, 3.05) is 20.1 Å². The van der Waals surface area contributed by atoms with E-state index in [9.17, 15) is 4.79 Å². The lowest BCUT2D eigenvalue weighted by Gasteiger charge is -2.18. The molecule has 0 aromatic carbocycles. The number of amides is 1. The summed E-state index contributed by atoms with van der Waals surface area (Å²) in [7, 11) is 1.87. The first-order chi connectivity index (χ1) is 4.69. The Hall–Kier alpha value is -0.570. The van der Waals surface area contributed by atoms with Gasteiger partial charge in [-0.1, -0.05) is 0 Å². The summed E-state index contributed by atoms with van der Waals surface area (Å²) in [6, 6.07) is 0. The summed E-state index contributed by atoms with van der Waals surface area (Å²) in [6.07, 6.45) is 0.951. The van der Waals surface area contributed by atoms with Gasteiger partial charge in [0.15, 0.2) is 0 Å². The van der Waals surface area contributed by atoms with Crippen molar-refractivity contribution in [1.29, 1.82) is 0 Å². The van der Waals surface area contributed by atoms with Crippen molar-refractivity contribution in [2.24, 2.45) is 5.41 Å². The Morgan fingerprint density at radius 1 is 1.80 bits per heavy atom. The molecule has 3 heteroatoms. The van der Waals surface area contributed by atoms with Crippen LogP contribution in [0.4, 0.5) is 0 Å². The minimum absolute atomic E-state index is 0.158. The van der Waals surface area contributed by atoms with E-state index in [1.165, 1.54) is 0 Å². The highest BCUT2D eigenvalue weighted by Crippen LogP contribution is 2.24. The predicted octanol–water partition coefficient (Wildman–Crippen LogP) is -0.268. The second-order valence-electron chi connectivity index (χ2n) is 3.10. The molecule has 1 rings (SSSR count). The lowest BCUT2D eigenvalue weighted by atomic mass is 9.89. The number of nitrogens with one attached hydrogen (secondary N) is 2. The molecule has 10 heavy (non-hydrogen) atoms. The maximum atomic E-state index is 11.1. The minimum Gasteiger partial charge on any atom is -0.356 e. The molecule has 3 nitrogen and oxygen atoms in total. The van der Waals surface area contributed by atoms with Crippen LogP contribution in [-0.2, 0) is 4.79 Å². The van der Waals surface area contributed by atoms with E-state index in [0.717, 1.165) is 19.5 Å². The van der Waals surface area contributed by atoms with E-state index in [1.54, 1.807) is 0 Å². The zero-order valence-electron chi connectivity index (χ0n) is 6.53. The van der Waals surface area contributed by atoms with Crippen LogP contribution in [-0.4, -0.2) is 26.0 Å². The first-order valence-corrected chi connectivity index (χ1v) is 3.62. The molecule has 0 saturated carbocycles. The molecule has 1 saturated heterocycles. The molecule has 0 bridgehead atoms. The van der Waals surface area contributed by atoms with E-state index in [1.807, 2.05) is 14.0 Å². The molecule has 0 aromatic rings. The monoisotopic (exact) mass is 142 g/mol. The summed E-state index contributed by atoms with van der Waals surface area (Å²) in [6.45, 7) is 3.60. The van der Waals surface area contributed by atoms with Gasteiger partial charge in [-0.25, -0.2) is 0 Å². The van der Waals surface area contributed by atoms with Crippen molar-refractivity contribution < 1.29 is 4.79 Å². The first kappa shape index (κ1) is 7.54. The Labute approximate surface area is 61.2 Å². The van der Waals surface area contributed by atoms with Crippen LogP contribution in [0.2, 0.25) is 0 Å². The molecule has 1 unspecified atom stereocenters. The highest BCUT2D eigenvalue weighted by atomic mass is 16.2. The van der Waals surface area contributed by atoms with E-state index in [4.69, 9.17) is 0 Å². The maximum absolute atomic E-state index is 11.1. The fraction of sp³-hybridized carbons (Fsp3) is 0.857. The molecule has 1 amide bonds. The Morgan fingerprint density at radius 3 is 2.90 bits per heavy atom. The molecule has 0 aromatic heterocycles. The van der Waals surface area contributed by atoms with Crippen molar-refractivity contribution in [3.63, 3.8) is 0 Å². The number of rotatable bonds is 2. The van der Waals surface area contributed by atoms with Gasteiger partial charge in [0, 0.05) is 13.1 Å². The first-order valence-electron chi connectivity index (χ1n) is 3.62. The summed E-state index contributed by atoms with van der Waals surface area (Å²) >= 11 is 0. The van der Waals surface area contributed by atoms with Gasteiger partial charge in [0.05, 0.1) is 5.41 Å². The Balaban J connectivity index is 2.57. The maximum Gasteiger partial charge on any atom is 0.227 e. The van der Waals surface area contributed by atoms with Crippen molar-refractivity contribution in [3.8, 4) is 0 Å². The smallest absolute Gasteiger partial charge is 0.227 e. The number of carbonyl (C=O) groups is 1. The van der Waals surface area contributed by atoms with Crippen molar-refractivity contribution in [1.82, 2.24) is 10.6 Å². The van der Waals surface area contributed by atoms with Crippen molar-refractivity contribution >= 4 is 5.91 Å². The topological polar surface area (TPSA) is 41.1 Å². The van der Waals surface area contributed by atoms with E-state index in [0.29, 0.717) is 0 Å². The number of hydrogen-bond donors (Lipinski definition) is 2. The third-order valence-corrected chi connectivity index (χ3v) is 2.08. The molecule has 1 atom stereocenters. The standard InChI is InChI=1S/C7H14N2O/c1-7(5-8-2)3-4-9-6(7)10/h8H,3-5H2,1-2H3,(H,9,10). The molecule has 58 valence electrons. The molecule has 0 spiro atoms. The molecule has 0 radical (unpaired) electrons. The van der Waals surface area contributed by atoms with Gasteiger partial charge in [-0.15, -0.1) is 0 Å². The van der Waals surface area contributed by atoms with Gasteiger partial charge in [-0.2, -0.15) is 0 Å². The summed E-state index contributed by atoms with van der Waals surface area (Å²) in [5, 5.41) is 5.84. The van der Waals surface area contributed by atoms with Crippen LogP contribution < -0.4 is 10.6 Å². The highest BCUT2D eigenvalue weighted by Gasteiger charge is 2.36. The zero-order chi connectivity index (χ0) is 7.61. The average Bonchev–Trinajstić information content (AvgIpc) is 2.15. The van der Waals surface area contributed by atoms with Crippen LogP contribution >= 0.6 is 0 Å². The van der Waals surface area contributed by atoms with Gasteiger partial charge < -0.3 is 10.6 Å². The van der Waals surface area contributed by atoms with E-state index in [-0.39, 0.29) is 11.3 Å². The van der Waals surface area contributed by atoms with Crippen LogP contribution in [0.5, 0.6) is 0 Å². The van der Waals surface area contributed by atoms with Gasteiger partial charge in [0.25, 0.3) is 0 Å². The van der Waals surface area contributed by atoms with E-state index in [2.05, 4.69) is 10.6 Å². The van der Waals surface area contributed by atoms with Gasteiger partial charge in [0.1, 0.15) is 0 Å². The summed E-state index contributed by atoms with van der Waals surface area (Å²) in [5.41, 5.74) is -0.158. The van der Waals surface area contributed by atoms with Gasteiger partial charge in [0.2, 0.25) is 5.91 Å². The lowest BCUT2D eigenvalue weighted by Crippen LogP contribution is -2.36. The van der Waals surface area contributed by atoms with Crippen LogP contribution in [0, 0.1) is 5.41 Å². The highest BCUT2D eigenvalue weighted by molar-refractivity contribution is 5.84. The molecule has 1 heterocycles. The molecule has 2 N–H and O–H groups in total. The van der Waals surface area contributed by atoms with Crippen molar-refractivity contribution in [2.45, 2.75) is 13.3 Å². The van der Waals surface area contributed by atoms with E-state index >= 15 is 0 Å². The molecular formula is C7H14N2O. The van der Waals surface area contributed by atoms with Gasteiger partial charge >= 0.3 is 0 Å². The predicted molar refractivity (Wildman–Crippen MR) is 39.7 cm³/mol. The Kier molecular flexibility index (Phi) is 1.94. The Morgan fingerprint density at radius 2 is 2.50 bits per heavy atom. The van der Waals surface area contributed by atoms with Crippen LogP contribution in [0.3, 0.4) is 0 Å². The minimum atomic E-state index is -0.158. The second-order valence-corrected chi connectivity index (χ2v) is 3.10. The fourth-order valence-electron chi connectivity index (χ4n) is 1.34. The molecular weight excluding hydrogens is 128 g/mol. The third kappa shape index (κ3) is 1.14. The molecule has 1 fully saturated rings. The quantitative estimate of drug-likeness (QED) is 0.557. The zero-order valence-corrected chi connectivity index (χ0v) is 6.53. The van der Waals surface area contributed by atoms with Crippen LogP contribution in [0.15, 0.2) is 0 Å². The second kappa shape index (κ2) is 2.58. The SMILES string of the molecule is CNCC1(C)CCNC1=O. The molecule has 0 aliphatic carbocycles. The number of hydrogen-bond acceptors (Lipinski definition) is 2. The Bertz CT molecular complexity index is 147. The van der Waals surface area contributed by atoms with Gasteiger partial charge in [-0.3, -0.25) is 4.79 Å². The molecule has 1 aliphatic rings. The summed E-state index contributed by atoms with van der Waals surface area (Å²) < 4.78 is 0. The van der Waals surface area contributed by atoms with E-state index < -0.39 is 0 Å². The fourth-order valence-corrected chi connectivity index (χ4v) is 1.34. The normalized spacial score (nSPS) is 32.4. The average molecular weight is 142 g/mol. The van der Waals surface area contributed by atoms with Crippen LogP contribution in [0.1, 0.15) is 13.3 Å². The summed E-state index contributed by atoms with van der Waals surface area (Å²) in [5.74, 6) is 0.182. The lowest BCUT2D eigenvalue weighted by molar-refractivity contribution is -0.126.